The maximum Gasteiger partial charge on any atom is 0.289 e. The number of ether oxygens (including phenoxy) is 1. The molecule has 0 aliphatic heterocycles. The van der Waals surface area contributed by atoms with Gasteiger partial charge in [-0.05, 0) is 24.3 Å². The lowest BCUT2D eigenvalue weighted by molar-refractivity contribution is -0.120. The molecule has 3 N–H and O–H groups in total. The molecule has 0 unspecified atom stereocenters. The maximum absolute atomic E-state index is 12.2. The fourth-order valence-corrected chi connectivity index (χ4v) is 3.24. The molecule has 0 saturated carbocycles. The molecule has 3 rings (SSSR count). The van der Waals surface area contributed by atoms with Crippen molar-refractivity contribution in [3.05, 3.63) is 64.6 Å². The van der Waals surface area contributed by atoms with Crippen LogP contribution < -0.4 is 20.9 Å². The van der Waals surface area contributed by atoms with Gasteiger partial charge in [-0.15, -0.1) is 11.3 Å². The van der Waals surface area contributed by atoms with E-state index < -0.39 is 11.8 Å². The molecular weight excluding hydrogens is 400 g/mol. The lowest BCUT2D eigenvalue weighted by Gasteiger charge is -2.11. The molecule has 1 heterocycles. The first-order chi connectivity index (χ1) is 13.6. The monoisotopic (exact) mass is 416 g/mol. The van der Waals surface area contributed by atoms with Gasteiger partial charge >= 0.3 is 0 Å². The van der Waals surface area contributed by atoms with Gasteiger partial charge in [-0.25, -0.2) is 4.98 Å². The highest BCUT2D eigenvalue weighted by Crippen LogP contribution is 2.25. The molecule has 2 aromatic carbocycles. The summed E-state index contributed by atoms with van der Waals surface area (Å²) >= 11 is 7.20. The highest BCUT2D eigenvalue weighted by molar-refractivity contribution is 7.13. The van der Waals surface area contributed by atoms with Crippen LogP contribution in [0.1, 0.15) is 10.5 Å². The van der Waals surface area contributed by atoms with Gasteiger partial charge in [0.25, 0.3) is 11.8 Å². The number of aromatic nitrogens is 1. The number of hydrogen-bond acceptors (Lipinski definition) is 6. The Balaban J connectivity index is 1.51. The summed E-state index contributed by atoms with van der Waals surface area (Å²) in [4.78, 5) is 28.4. The van der Waals surface area contributed by atoms with Crippen molar-refractivity contribution in [1.29, 1.82) is 0 Å². The molecule has 0 atom stereocenters. The van der Waals surface area contributed by atoms with Crippen LogP contribution in [0.15, 0.2) is 53.9 Å². The first-order valence-corrected chi connectivity index (χ1v) is 9.50. The van der Waals surface area contributed by atoms with E-state index in [-0.39, 0.29) is 12.2 Å². The van der Waals surface area contributed by atoms with Gasteiger partial charge in [0.05, 0.1) is 19.3 Å². The number of anilines is 1. The third-order valence-corrected chi connectivity index (χ3v) is 4.83. The number of benzene rings is 2. The van der Waals surface area contributed by atoms with Crippen LogP contribution in [-0.2, 0) is 4.79 Å². The normalized spacial score (nSPS) is 10.2. The van der Waals surface area contributed by atoms with Crippen LogP contribution in [-0.4, -0.2) is 30.5 Å². The Labute approximate surface area is 170 Å². The second kappa shape index (κ2) is 9.20. The molecule has 7 nitrogen and oxygen atoms in total. The summed E-state index contributed by atoms with van der Waals surface area (Å²) in [7, 11) is 1.55. The first kappa shape index (κ1) is 19.7. The van der Waals surface area contributed by atoms with Crippen LogP contribution >= 0.6 is 22.9 Å². The summed E-state index contributed by atoms with van der Waals surface area (Å²) in [6.07, 6.45) is 0. The fraction of sp³-hybridized carbons (Fsp3) is 0.105. The van der Waals surface area contributed by atoms with Crippen LogP contribution in [0.5, 0.6) is 5.75 Å². The van der Waals surface area contributed by atoms with Crippen molar-refractivity contribution in [1.82, 2.24) is 15.8 Å². The van der Waals surface area contributed by atoms with Crippen LogP contribution in [0.3, 0.4) is 0 Å². The van der Waals surface area contributed by atoms with Gasteiger partial charge in [0.1, 0.15) is 16.5 Å². The van der Waals surface area contributed by atoms with Gasteiger partial charge in [0.2, 0.25) is 0 Å². The molecule has 3 aromatic rings. The second-order valence-corrected chi connectivity index (χ2v) is 6.90. The van der Waals surface area contributed by atoms with E-state index in [1.807, 2.05) is 24.3 Å². The Morgan fingerprint density at radius 3 is 2.61 bits per heavy atom. The standard InChI is InChI=1S/C19H17ClN4O3S/c1-27-16-5-3-2-4-14(16)21-10-17(25)23-24-18(26)15-11-28-19(22-15)12-6-8-13(20)9-7-12/h2-9,11,21H,10H2,1H3,(H,23,25)(H,24,26). The highest BCUT2D eigenvalue weighted by atomic mass is 35.5. The molecule has 0 aliphatic carbocycles. The zero-order chi connectivity index (χ0) is 19.9. The van der Waals surface area contributed by atoms with Gasteiger partial charge in [0, 0.05) is 16.0 Å². The number of carbonyl (C=O) groups is 2. The molecule has 1 aromatic heterocycles. The van der Waals surface area contributed by atoms with E-state index in [0.717, 1.165) is 5.56 Å². The zero-order valence-electron chi connectivity index (χ0n) is 14.9. The van der Waals surface area contributed by atoms with Crippen LogP contribution in [0.2, 0.25) is 5.02 Å². The number of nitrogens with zero attached hydrogens (tertiary/aromatic N) is 1. The Morgan fingerprint density at radius 2 is 1.86 bits per heavy atom. The minimum Gasteiger partial charge on any atom is -0.495 e. The molecule has 0 bridgehead atoms. The number of carbonyl (C=O) groups excluding carboxylic acids is 2. The molecule has 0 fully saturated rings. The summed E-state index contributed by atoms with van der Waals surface area (Å²) in [6.45, 7) is -0.0340. The minimum atomic E-state index is -0.498. The zero-order valence-corrected chi connectivity index (χ0v) is 16.4. The van der Waals surface area contributed by atoms with Crippen molar-refractivity contribution in [2.24, 2.45) is 0 Å². The summed E-state index contributed by atoms with van der Waals surface area (Å²) in [5, 5.41) is 5.88. The summed E-state index contributed by atoms with van der Waals surface area (Å²) in [5.74, 6) is -0.286. The molecular formula is C19H17ClN4O3S. The van der Waals surface area contributed by atoms with Gasteiger partial charge in [-0.3, -0.25) is 20.4 Å². The summed E-state index contributed by atoms with van der Waals surface area (Å²) < 4.78 is 5.20. The Hall–Kier alpha value is -3.10. The highest BCUT2D eigenvalue weighted by Gasteiger charge is 2.13. The number of hydrogen-bond donors (Lipinski definition) is 3. The number of rotatable bonds is 6. The van der Waals surface area contributed by atoms with Crippen molar-refractivity contribution in [2.45, 2.75) is 0 Å². The predicted octanol–water partition coefficient (Wildman–Crippen LogP) is 3.35. The number of nitrogens with one attached hydrogen (secondary N) is 3. The first-order valence-electron chi connectivity index (χ1n) is 8.24. The summed E-state index contributed by atoms with van der Waals surface area (Å²) in [6, 6.07) is 14.4. The lowest BCUT2D eigenvalue weighted by Crippen LogP contribution is -2.44. The average Bonchev–Trinajstić information content (AvgIpc) is 3.21. The average molecular weight is 417 g/mol. The van der Waals surface area contributed by atoms with Crippen LogP contribution in [0, 0.1) is 0 Å². The third kappa shape index (κ3) is 4.99. The van der Waals surface area contributed by atoms with Gasteiger partial charge in [0.15, 0.2) is 0 Å². The smallest absolute Gasteiger partial charge is 0.289 e. The molecule has 0 radical (unpaired) electrons. The van der Waals surface area contributed by atoms with Gasteiger partial charge in [-0.1, -0.05) is 35.9 Å². The van der Waals surface area contributed by atoms with E-state index in [9.17, 15) is 9.59 Å². The van der Waals surface area contributed by atoms with Crippen molar-refractivity contribution in [3.63, 3.8) is 0 Å². The minimum absolute atomic E-state index is 0.0340. The van der Waals surface area contributed by atoms with E-state index in [2.05, 4.69) is 21.2 Å². The van der Waals surface area contributed by atoms with Crippen molar-refractivity contribution in [2.75, 3.05) is 19.0 Å². The number of amides is 2. The third-order valence-electron chi connectivity index (χ3n) is 3.69. The predicted molar refractivity (Wildman–Crippen MR) is 110 cm³/mol. The van der Waals surface area contributed by atoms with E-state index in [1.54, 1.807) is 36.8 Å². The quantitative estimate of drug-likeness (QED) is 0.536. The van der Waals surface area contributed by atoms with Gasteiger partial charge < -0.3 is 10.1 Å². The summed E-state index contributed by atoms with van der Waals surface area (Å²) in [5.41, 5.74) is 6.46. The molecule has 0 aliphatic rings. The van der Waals surface area contributed by atoms with Gasteiger partial charge in [-0.2, -0.15) is 0 Å². The van der Waals surface area contributed by atoms with E-state index in [4.69, 9.17) is 16.3 Å². The number of para-hydroxylation sites is 2. The van der Waals surface area contributed by atoms with Crippen LogP contribution in [0.4, 0.5) is 5.69 Å². The van der Waals surface area contributed by atoms with Crippen molar-refractivity contribution < 1.29 is 14.3 Å². The number of methoxy groups -OCH3 is 1. The van der Waals surface area contributed by atoms with E-state index in [0.29, 0.717) is 21.5 Å². The van der Waals surface area contributed by atoms with E-state index in [1.165, 1.54) is 11.3 Å². The number of thiazole rings is 1. The molecule has 144 valence electrons. The lowest BCUT2D eigenvalue weighted by atomic mass is 10.2. The molecule has 0 spiro atoms. The second-order valence-electron chi connectivity index (χ2n) is 5.60. The van der Waals surface area contributed by atoms with E-state index >= 15 is 0 Å². The van der Waals surface area contributed by atoms with Crippen molar-refractivity contribution in [3.8, 4) is 16.3 Å². The fourth-order valence-electron chi connectivity index (χ4n) is 2.30. The topological polar surface area (TPSA) is 92.4 Å². The van der Waals surface area contributed by atoms with Crippen LogP contribution in [0.25, 0.3) is 10.6 Å². The largest absolute Gasteiger partial charge is 0.495 e. The molecule has 0 saturated heterocycles. The maximum atomic E-state index is 12.2. The number of halogens is 1. The molecule has 9 heteroatoms. The molecule has 28 heavy (non-hydrogen) atoms. The Kier molecular flexibility index (Phi) is 6.46. The number of hydrazine groups is 1. The molecule has 2 amide bonds. The SMILES string of the molecule is COc1ccccc1NCC(=O)NNC(=O)c1csc(-c2ccc(Cl)cc2)n1. The Morgan fingerprint density at radius 1 is 1.11 bits per heavy atom. The van der Waals surface area contributed by atoms with Crippen molar-refractivity contribution >= 4 is 40.4 Å². The Bertz CT molecular complexity index is 975.